The normalized spacial score (nSPS) is 13.7. The molecule has 1 aliphatic carbocycles. The predicted octanol–water partition coefficient (Wildman–Crippen LogP) is 11.6. The Hall–Kier alpha value is -4.00. The van der Waals surface area contributed by atoms with Crippen LogP contribution in [0.1, 0.15) is 150 Å². The summed E-state index contributed by atoms with van der Waals surface area (Å²) in [5, 5.41) is 0. The van der Waals surface area contributed by atoms with Crippen LogP contribution in [-0.2, 0) is 56.8 Å². The Morgan fingerprint density at radius 2 is 0.534 bits per heavy atom. The smallest absolute Gasteiger partial charge is 0.126 e. The third-order valence-corrected chi connectivity index (χ3v) is 11.4. The fourth-order valence-corrected chi connectivity index (χ4v) is 7.97. The van der Waals surface area contributed by atoms with Gasteiger partial charge in [0.15, 0.2) is 0 Å². The summed E-state index contributed by atoms with van der Waals surface area (Å²) in [6.07, 6.45) is 2.53. The first-order chi connectivity index (χ1) is 27.1. The SMILES string of the molecule is COCCOc1c2cc(C(C)(C)C)cc1Cc1cc(C(C)(C)C)cc(c1OC)Cc1cc(C(C)(C)C)cc(c1OCCOC)Cc1cc(C(C)(C)C)cc(c1OC)C2. The standard InChI is InChI=1S/C52H72O6/c1-49(2,3)41-25-33-21-37-29-43(51(7,8)9)31-39(47(37)57-19-17-53-13)23-35-27-42(50(4,5)6)28-36(46(35)56-16)24-40-32-44(52(10,11)12)30-38(48(40)58-20-18-54-14)22-34(26-41)45(33)55-15/h25-32H,17-24H2,1-16H3. The van der Waals surface area contributed by atoms with Gasteiger partial charge in [-0.15, -0.1) is 0 Å². The van der Waals surface area contributed by atoms with E-state index in [1.165, 1.54) is 22.3 Å². The van der Waals surface area contributed by atoms with E-state index in [2.05, 4.69) is 132 Å². The monoisotopic (exact) mass is 793 g/mol. The molecule has 0 saturated heterocycles. The first-order valence-corrected chi connectivity index (χ1v) is 21.1. The molecule has 0 spiro atoms. The highest BCUT2D eigenvalue weighted by Crippen LogP contribution is 2.44. The lowest BCUT2D eigenvalue weighted by Crippen LogP contribution is -2.18. The van der Waals surface area contributed by atoms with Crippen LogP contribution in [0.2, 0.25) is 0 Å². The van der Waals surface area contributed by atoms with Crippen molar-refractivity contribution in [1.82, 2.24) is 0 Å². The van der Waals surface area contributed by atoms with Crippen molar-refractivity contribution in [2.45, 2.75) is 130 Å². The quantitative estimate of drug-likeness (QED) is 0.131. The molecule has 58 heavy (non-hydrogen) atoms. The largest absolute Gasteiger partial charge is 0.496 e. The van der Waals surface area contributed by atoms with Crippen LogP contribution < -0.4 is 18.9 Å². The minimum atomic E-state index is -0.104. The first-order valence-electron chi connectivity index (χ1n) is 21.1. The second kappa shape index (κ2) is 17.7. The Balaban J connectivity index is 1.98. The van der Waals surface area contributed by atoms with Gasteiger partial charge in [0.2, 0.25) is 0 Å². The second-order valence-electron chi connectivity index (χ2n) is 20.3. The molecule has 0 unspecified atom stereocenters. The van der Waals surface area contributed by atoms with Gasteiger partial charge in [0.05, 0.1) is 27.4 Å². The van der Waals surface area contributed by atoms with Gasteiger partial charge in [-0.2, -0.15) is 0 Å². The fourth-order valence-electron chi connectivity index (χ4n) is 7.97. The summed E-state index contributed by atoms with van der Waals surface area (Å²) in [5.74, 6) is 3.61. The van der Waals surface area contributed by atoms with Gasteiger partial charge < -0.3 is 28.4 Å². The van der Waals surface area contributed by atoms with E-state index in [0.717, 1.165) is 67.5 Å². The third-order valence-electron chi connectivity index (χ3n) is 11.4. The molecule has 4 aromatic carbocycles. The van der Waals surface area contributed by atoms with Gasteiger partial charge >= 0.3 is 0 Å². The van der Waals surface area contributed by atoms with E-state index in [1.54, 1.807) is 14.2 Å². The lowest BCUT2D eigenvalue weighted by atomic mass is 9.79. The van der Waals surface area contributed by atoms with Gasteiger partial charge in [0.1, 0.15) is 36.2 Å². The van der Waals surface area contributed by atoms with Crippen molar-refractivity contribution >= 4 is 0 Å². The summed E-state index contributed by atoms with van der Waals surface area (Å²) in [7, 11) is 7.06. The van der Waals surface area contributed by atoms with Gasteiger partial charge in [0, 0.05) is 39.9 Å². The number of hydrogen-bond donors (Lipinski definition) is 0. The van der Waals surface area contributed by atoms with Crippen LogP contribution in [0.4, 0.5) is 0 Å². The van der Waals surface area contributed by atoms with Crippen molar-refractivity contribution in [3.63, 3.8) is 0 Å². The van der Waals surface area contributed by atoms with E-state index in [4.69, 9.17) is 28.4 Å². The molecule has 1 aliphatic rings. The molecule has 0 heterocycles. The molecular formula is C52H72O6. The molecule has 0 amide bonds. The highest BCUT2D eigenvalue weighted by molar-refractivity contribution is 5.60. The minimum absolute atomic E-state index is 0.104. The van der Waals surface area contributed by atoms with E-state index in [9.17, 15) is 0 Å². The zero-order valence-corrected chi connectivity index (χ0v) is 38.7. The van der Waals surface area contributed by atoms with Crippen molar-refractivity contribution in [1.29, 1.82) is 0 Å². The molecule has 0 radical (unpaired) electrons. The van der Waals surface area contributed by atoms with Crippen molar-refractivity contribution in [2.75, 3.05) is 54.9 Å². The lowest BCUT2D eigenvalue weighted by molar-refractivity contribution is 0.145. The van der Waals surface area contributed by atoms with Crippen molar-refractivity contribution in [3.8, 4) is 23.0 Å². The Bertz CT molecular complexity index is 1820. The average molecular weight is 793 g/mol. The maximum Gasteiger partial charge on any atom is 0.126 e. The van der Waals surface area contributed by atoms with Crippen LogP contribution in [-0.4, -0.2) is 54.9 Å². The lowest BCUT2D eigenvalue weighted by Gasteiger charge is -2.29. The zero-order valence-electron chi connectivity index (χ0n) is 38.7. The van der Waals surface area contributed by atoms with Crippen LogP contribution in [0.15, 0.2) is 48.5 Å². The average Bonchev–Trinajstić information content (AvgIpc) is 3.11. The van der Waals surface area contributed by atoms with Crippen molar-refractivity contribution < 1.29 is 28.4 Å². The molecule has 8 bridgehead atoms. The van der Waals surface area contributed by atoms with E-state index in [1.807, 2.05) is 14.2 Å². The summed E-state index contributed by atoms with van der Waals surface area (Å²) in [6, 6.07) is 18.8. The number of hydrogen-bond acceptors (Lipinski definition) is 6. The highest BCUT2D eigenvalue weighted by Gasteiger charge is 2.29. The molecule has 0 N–H and O–H groups in total. The molecule has 0 aliphatic heterocycles. The summed E-state index contributed by atoms with van der Waals surface area (Å²) in [5.41, 5.74) is 13.7. The molecule has 316 valence electrons. The van der Waals surface area contributed by atoms with E-state index >= 15 is 0 Å². The van der Waals surface area contributed by atoms with Gasteiger partial charge in [-0.25, -0.2) is 0 Å². The number of rotatable bonds is 10. The highest BCUT2D eigenvalue weighted by atomic mass is 16.5. The maximum atomic E-state index is 6.82. The minimum Gasteiger partial charge on any atom is -0.496 e. The van der Waals surface area contributed by atoms with Crippen LogP contribution >= 0.6 is 0 Å². The second-order valence-corrected chi connectivity index (χ2v) is 20.3. The molecule has 0 fully saturated rings. The van der Waals surface area contributed by atoms with E-state index in [-0.39, 0.29) is 21.7 Å². The molecule has 0 saturated carbocycles. The number of ether oxygens (including phenoxy) is 6. The molecule has 0 atom stereocenters. The van der Waals surface area contributed by atoms with Gasteiger partial charge in [-0.3, -0.25) is 0 Å². The number of benzene rings is 4. The Morgan fingerprint density at radius 3 is 0.707 bits per heavy atom. The van der Waals surface area contributed by atoms with Crippen molar-refractivity contribution in [2.24, 2.45) is 0 Å². The number of methoxy groups -OCH3 is 4. The van der Waals surface area contributed by atoms with Gasteiger partial charge in [-0.1, -0.05) is 132 Å². The van der Waals surface area contributed by atoms with Gasteiger partial charge in [-0.05, 0) is 88.4 Å². The summed E-state index contributed by atoms with van der Waals surface area (Å²) < 4.78 is 37.6. The predicted molar refractivity (Wildman–Crippen MR) is 240 cm³/mol. The van der Waals surface area contributed by atoms with Crippen LogP contribution in [0.3, 0.4) is 0 Å². The van der Waals surface area contributed by atoms with Crippen LogP contribution in [0.5, 0.6) is 23.0 Å². The summed E-state index contributed by atoms with van der Waals surface area (Å²) >= 11 is 0. The molecule has 6 nitrogen and oxygen atoms in total. The summed E-state index contributed by atoms with van der Waals surface area (Å²) in [4.78, 5) is 0. The molecule has 4 aromatic rings. The molecule has 0 aromatic heterocycles. The fraction of sp³-hybridized carbons (Fsp3) is 0.538. The Labute approximate surface area is 350 Å². The third kappa shape index (κ3) is 10.4. The molecular weight excluding hydrogens is 721 g/mol. The van der Waals surface area contributed by atoms with E-state index < -0.39 is 0 Å². The molecule has 5 rings (SSSR count). The maximum absolute atomic E-state index is 6.82. The van der Waals surface area contributed by atoms with Crippen LogP contribution in [0.25, 0.3) is 0 Å². The van der Waals surface area contributed by atoms with Gasteiger partial charge in [0.25, 0.3) is 0 Å². The van der Waals surface area contributed by atoms with E-state index in [0.29, 0.717) is 52.1 Å². The Kier molecular flexibility index (Phi) is 13.8. The zero-order chi connectivity index (χ0) is 42.8. The molecule has 6 heteroatoms. The summed E-state index contributed by atoms with van der Waals surface area (Å²) in [6.45, 7) is 29.3. The Morgan fingerprint density at radius 1 is 0.328 bits per heavy atom. The topological polar surface area (TPSA) is 55.4 Å². The van der Waals surface area contributed by atoms with Crippen LogP contribution in [0, 0.1) is 0 Å². The van der Waals surface area contributed by atoms with Crippen molar-refractivity contribution in [3.05, 3.63) is 115 Å². The first kappa shape index (κ1) is 45.1. The number of fused-ring (bicyclic) bond motifs is 8.